The van der Waals surface area contributed by atoms with Crippen LogP contribution in [0.25, 0.3) is 0 Å². The topological polar surface area (TPSA) is 70.6 Å². The number of phenols is 1. The molecule has 0 aliphatic rings. The highest BCUT2D eigenvalue weighted by Crippen LogP contribution is 2.26. The van der Waals surface area contributed by atoms with Crippen LogP contribution in [0.1, 0.15) is 6.42 Å². The number of halogens is 1. The fourth-order valence-electron chi connectivity index (χ4n) is 1.76. The summed E-state index contributed by atoms with van der Waals surface area (Å²) in [6.07, 6.45) is 0.670. The molecule has 0 unspecified atom stereocenters. The van der Waals surface area contributed by atoms with Crippen molar-refractivity contribution < 1.29 is 14.6 Å². The monoisotopic (exact) mass is 320 g/mol. The Morgan fingerprint density at radius 1 is 1.18 bits per heavy atom. The van der Waals surface area contributed by atoms with Gasteiger partial charge in [-0.1, -0.05) is 29.8 Å². The van der Waals surface area contributed by atoms with Crippen LogP contribution in [0.4, 0.5) is 10.5 Å². The second-order valence-corrected chi connectivity index (χ2v) is 4.99. The highest BCUT2D eigenvalue weighted by molar-refractivity contribution is 6.31. The summed E-state index contributed by atoms with van der Waals surface area (Å²) in [7, 11) is 0. The predicted molar refractivity (Wildman–Crippen MR) is 86.7 cm³/mol. The van der Waals surface area contributed by atoms with Crippen LogP contribution in [0, 0.1) is 0 Å². The van der Waals surface area contributed by atoms with Gasteiger partial charge in [0.2, 0.25) is 0 Å². The Morgan fingerprint density at radius 3 is 2.73 bits per heavy atom. The Labute approximate surface area is 133 Å². The molecule has 0 spiro atoms. The minimum atomic E-state index is -0.405. The highest BCUT2D eigenvalue weighted by Gasteiger charge is 2.06. The van der Waals surface area contributed by atoms with E-state index in [1.54, 1.807) is 6.07 Å². The van der Waals surface area contributed by atoms with Gasteiger partial charge in [0, 0.05) is 11.6 Å². The molecule has 116 valence electrons. The number of amides is 2. The van der Waals surface area contributed by atoms with Gasteiger partial charge in [-0.25, -0.2) is 4.79 Å². The van der Waals surface area contributed by atoms with Crippen molar-refractivity contribution in [2.45, 2.75) is 6.42 Å². The molecule has 22 heavy (non-hydrogen) atoms. The second-order valence-electron chi connectivity index (χ2n) is 4.56. The first-order valence-corrected chi connectivity index (χ1v) is 7.24. The SMILES string of the molecule is O=C(NCCCOc1ccccc1)Nc1cc(Cl)ccc1O. The summed E-state index contributed by atoms with van der Waals surface area (Å²) < 4.78 is 5.51. The number of rotatable bonds is 6. The quantitative estimate of drug-likeness (QED) is 0.562. The molecule has 0 heterocycles. The van der Waals surface area contributed by atoms with E-state index in [1.165, 1.54) is 12.1 Å². The zero-order valence-electron chi connectivity index (χ0n) is 11.9. The molecule has 0 aromatic heterocycles. The summed E-state index contributed by atoms with van der Waals surface area (Å²) in [6, 6.07) is 13.5. The Hall–Kier alpha value is -2.40. The van der Waals surface area contributed by atoms with Crippen LogP contribution in [0.3, 0.4) is 0 Å². The number of phenolic OH excluding ortho intramolecular Hbond substituents is 1. The molecule has 3 N–H and O–H groups in total. The number of ether oxygens (including phenoxy) is 1. The highest BCUT2D eigenvalue weighted by atomic mass is 35.5. The number of para-hydroxylation sites is 1. The normalized spacial score (nSPS) is 10.0. The fourth-order valence-corrected chi connectivity index (χ4v) is 1.93. The third-order valence-electron chi connectivity index (χ3n) is 2.83. The molecular formula is C16H17ClN2O3. The van der Waals surface area contributed by atoms with Gasteiger partial charge in [0.25, 0.3) is 0 Å². The minimum Gasteiger partial charge on any atom is -0.506 e. The molecule has 0 bridgehead atoms. The van der Waals surface area contributed by atoms with Crippen molar-refractivity contribution in [2.75, 3.05) is 18.5 Å². The van der Waals surface area contributed by atoms with Gasteiger partial charge in [0.15, 0.2) is 0 Å². The Morgan fingerprint density at radius 2 is 1.95 bits per heavy atom. The molecule has 0 radical (unpaired) electrons. The second kappa shape index (κ2) is 8.14. The molecule has 0 atom stereocenters. The molecule has 0 saturated carbocycles. The van der Waals surface area contributed by atoms with Gasteiger partial charge in [-0.05, 0) is 36.8 Å². The Bertz CT molecular complexity index is 620. The minimum absolute atomic E-state index is 0.0352. The van der Waals surface area contributed by atoms with Crippen LogP contribution >= 0.6 is 11.6 Å². The molecule has 2 rings (SSSR count). The number of hydrogen-bond acceptors (Lipinski definition) is 3. The van der Waals surface area contributed by atoms with E-state index in [0.29, 0.717) is 24.6 Å². The lowest BCUT2D eigenvalue weighted by atomic mass is 10.3. The van der Waals surface area contributed by atoms with Gasteiger partial charge >= 0.3 is 6.03 Å². The van der Waals surface area contributed by atoms with Crippen molar-refractivity contribution in [3.05, 3.63) is 53.6 Å². The van der Waals surface area contributed by atoms with Gasteiger partial charge in [-0.15, -0.1) is 0 Å². The standard InChI is InChI=1S/C16H17ClN2O3/c17-12-7-8-15(20)14(11-12)19-16(21)18-9-4-10-22-13-5-2-1-3-6-13/h1-3,5-8,11,20H,4,9-10H2,(H2,18,19,21). The lowest BCUT2D eigenvalue weighted by Gasteiger charge is -2.10. The first-order valence-electron chi connectivity index (χ1n) is 6.86. The zero-order chi connectivity index (χ0) is 15.8. The number of nitrogens with one attached hydrogen (secondary N) is 2. The third-order valence-corrected chi connectivity index (χ3v) is 3.06. The Kier molecular flexibility index (Phi) is 5.91. The van der Waals surface area contributed by atoms with Crippen LogP contribution in [0.5, 0.6) is 11.5 Å². The number of urea groups is 1. The average molecular weight is 321 g/mol. The molecule has 2 amide bonds. The van der Waals surface area contributed by atoms with Crippen molar-refractivity contribution >= 4 is 23.3 Å². The molecule has 5 nitrogen and oxygen atoms in total. The molecule has 0 aliphatic carbocycles. The number of carbonyl (C=O) groups is 1. The molecule has 2 aromatic rings. The molecule has 2 aromatic carbocycles. The van der Waals surface area contributed by atoms with Gasteiger partial charge in [-0.3, -0.25) is 0 Å². The zero-order valence-corrected chi connectivity index (χ0v) is 12.6. The summed E-state index contributed by atoms with van der Waals surface area (Å²) in [6.45, 7) is 0.965. The third kappa shape index (κ3) is 5.18. The molecule has 0 fully saturated rings. The van der Waals surface area contributed by atoms with Crippen LogP contribution in [-0.4, -0.2) is 24.3 Å². The summed E-state index contributed by atoms with van der Waals surface area (Å²) in [5.41, 5.74) is 0.269. The van der Waals surface area contributed by atoms with E-state index in [2.05, 4.69) is 10.6 Å². The van der Waals surface area contributed by atoms with Crippen LogP contribution < -0.4 is 15.4 Å². The lowest BCUT2D eigenvalue weighted by Crippen LogP contribution is -2.30. The van der Waals surface area contributed by atoms with Crippen molar-refractivity contribution in [1.29, 1.82) is 0 Å². The molecular weight excluding hydrogens is 304 g/mol. The average Bonchev–Trinajstić information content (AvgIpc) is 2.51. The van der Waals surface area contributed by atoms with Crippen LogP contribution in [0.15, 0.2) is 48.5 Å². The lowest BCUT2D eigenvalue weighted by molar-refractivity contribution is 0.250. The summed E-state index contributed by atoms with van der Waals surface area (Å²) >= 11 is 5.80. The van der Waals surface area contributed by atoms with Crippen molar-refractivity contribution in [2.24, 2.45) is 0 Å². The maximum atomic E-state index is 11.7. The first kappa shape index (κ1) is 16.0. The van der Waals surface area contributed by atoms with Crippen LogP contribution in [0.2, 0.25) is 5.02 Å². The van der Waals surface area contributed by atoms with E-state index in [-0.39, 0.29) is 11.4 Å². The maximum absolute atomic E-state index is 11.7. The number of aromatic hydroxyl groups is 1. The molecule has 0 aliphatic heterocycles. The van der Waals surface area contributed by atoms with Gasteiger partial charge < -0.3 is 20.5 Å². The van der Waals surface area contributed by atoms with Crippen molar-refractivity contribution in [3.63, 3.8) is 0 Å². The number of hydrogen-bond donors (Lipinski definition) is 3. The summed E-state index contributed by atoms with van der Waals surface area (Å²) in [5.74, 6) is 0.766. The first-order chi connectivity index (χ1) is 10.6. The van der Waals surface area contributed by atoms with Gasteiger partial charge in [0.1, 0.15) is 11.5 Å². The van der Waals surface area contributed by atoms with E-state index in [9.17, 15) is 9.90 Å². The smallest absolute Gasteiger partial charge is 0.319 e. The molecule has 6 heteroatoms. The van der Waals surface area contributed by atoms with E-state index >= 15 is 0 Å². The number of benzene rings is 2. The van der Waals surface area contributed by atoms with E-state index in [1.807, 2.05) is 30.3 Å². The largest absolute Gasteiger partial charge is 0.506 e. The predicted octanol–water partition coefficient (Wildman–Crippen LogP) is 3.64. The maximum Gasteiger partial charge on any atom is 0.319 e. The fraction of sp³-hybridized carbons (Fsp3) is 0.188. The van der Waals surface area contributed by atoms with Crippen molar-refractivity contribution in [1.82, 2.24) is 5.32 Å². The van der Waals surface area contributed by atoms with Gasteiger partial charge in [-0.2, -0.15) is 0 Å². The summed E-state index contributed by atoms with van der Waals surface area (Å²) in [4.78, 5) is 11.7. The van der Waals surface area contributed by atoms with E-state index < -0.39 is 6.03 Å². The summed E-state index contributed by atoms with van der Waals surface area (Å²) in [5, 5.41) is 15.2. The number of carbonyl (C=O) groups excluding carboxylic acids is 1. The van der Waals surface area contributed by atoms with E-state index in [0.717, 1.165) is 5.75 Å². The van der Waals surface area contributed by atoms with Gasteiger partial charge in [0.05, 0.1) is 12.3 Å². The Balaban J connectivity index is 1.66. The van der Waals surface area contributed by atoms with Crippen molar-refractivity contribution in [3.8, 4) is 11.5 Å². The van der Waals surface area contributed by atoms with Crippen LogP contribution in [-0.2, 0) is 0 Å². The molecule has 0 saturated heterocycles. The van der Waals surface area contributed by atoms with E-state index in [4.69, 9.17) is 16.3 Å². The number of anilines is 1.